The van der Waals surface area contributed by atoms with Crippen molar-refractivity contribution < 1.29 is 19.5 Å². The second-order valence-electron chi connectivity index (χ2n) is 4.17. The van der Waals surface area contributed by atoms with Crippen molar-refractivity contribution in [3.63, 3.8) is 0 Å². The highest BCUT2D eigenvalue weighted by Gasteiger charge is 2.18. The fourth-order valence-corrected chi connectivity index (χ4v) is 1.46. The Bertz CT molecular complexity index is 575. The second-order valence-corrected chi connectivity index (χ2v) is 4.17. The molecule has 0 saturated heterocycles. The van der Waals surface area contributed by atoms with E-state index >= 15 is 0 Å². The van der Waals surface area contributed by atoms with Crippen LogP contribution in [0.2, 0.25) is 0 Å². The number of hydrogen-bond donors (Lipinski definition) is 4. The van der Waals surface area contributed by atoms with Crippen molar-refractivity contribution in [2.45, 2.75) is 12.5 Å². The molecular formula is C14H15N3O4. The molecule has 0 aliphatic heterocycles. The number of carboxylic acid groups (broad SMARTS) is 1. The molecule has 1 unspecified atom stereocenters. The summed E-state index contributed by atoms with van der Waals surface area (Å²) in [6, 6.07) is 4.98. The molecule has 1 aromatic rings. The zero-order valence-corrected chi connectivity index (χ0v) is 11.1. The summed E-state index contributed by atoms with van der Waals surface area (Å²) in [5.41, 5.74) is 6.35. The monoisotopic (exact) mass is 289 g/mol. The first-order chi connectivity index (χ1) is 9.93. The van der Waals surface area contributed by atoms with Crippen LogP contribution in [0.3, 0.4) is 0 Å². The standard InChI is InChI=1S/C14H15N3O4/c1-2-3-11(14(20)21)17-12(18)8-16-13(19)9-4-6-10(15)7-5-9/h1,4-7,11H,3,8,15H2,(H,16,19)(H,17,18)(H,20,21). The Labute approximate surface area is 121 Å². The normalized spacial score (nSPS) is 11.0. The minimum absolute atomic E-state index is 0.132. The van der Waals surface area contributed by atoms with Gasteiger partial charge in [-0.1, -0.05) is 0 Å². The van der Waals surface area contributed by atoms with Gasteiger partial charge in [0.05, 0.1) is 6.54 Å². The quantitative estimate of drug-likeness (QED) is 0.419. The fraction of sp³-hybridized carbons (Fsp3) is 0.214. The number of carboxylic acids is 1. The third-order valence-electron chi connectivity index (χ3n) is 2.54. The maximum absolute atomic E-state index is 11.7. The first-order valence-corrected chi connectivity index (χ1v) is 6.03. The number of nitrogens with one attached hydrogen (secondary N) is 2. The van der Waals surface area contributed by atoms with Crippen LogP contribution in [0.15, 0.2) is 24.3 Å². The predicted molar refractivity (Wildman–Crippen MR) is 76.2 cm³/mol. The average molecular weight is 289 g/mol. The van der Waals surface area contributed by atoms with Crippen molar-refractivity contribution >= 4 is 23.5 Å². The van der Waals surface area contributed by atoms with Gasteiger partial charge in [0, 0.05) is 17.7 Å². The van der Waals surface area contributed by atoms with Gasteiger partial charge in [0.15, 0.2) is 0 Å². The summed E-state index contributed by atoms with van der Waals surface area (Å²) in [7, 11) is 0. The first kappa shape index (κ1) is 16.0. The molecule has 0 aliphatic rings. The van der Waals surface area contributed by atoms with Crippen LogP contribution in [0.25, 0.3) is 0 Å². The van der Waals surface area contributed by atoms with Gasteiger partial charge in [-0.25, -0.2) is 4.79 Å². The minimum atomic E-state index is -1.23. The van der Waals surface area contributed by atoms with Gasteiger partial charge in [0.25, 0.3) is 5.91 Å². The summed E-state index contributed by atoms with van der Waals surface area (Å²) in [5.74, 6) is -0.176. The van der Waals surface area contributed by atoms with Crippen LogP contribution in [0.4, 0.5) is 5.69 Å². The van der Waals surface area contributed by atoms with Crippen molar-refractivity contribution in [1.82, 2.24) is 10.6 Å². The highest BCUT2D eigenvalue weighted by atomic mass is 16.4. The Morgan fingerprint density at radius 2 is 1.90 bits per heavy atom. The summed E-state index contributed by atoms with van der Waals surface area (Å²) < 4.78 is 0. The highest BCUT2D eigenvalue weighted by molar-refractivity contribution is 5.97. The van der Waals surface area contributed by atoms with Crippen molar-refractivity contribution in [2.75, 3.05) is 12.3 Å². The predicted octanol–water partition coefficient (Wildman–Crippen LogP) is -0.409. The number of hydrogen-bond acceptors (Lipinski definition) is 4. The smallest absolute Gasteiger partial charge is 0.327 e. The molecule has 5 N–H and O–H groups in total. The van der Waals surface area contributed by atoms with Gasteiger partial charge in [-0.05, 0) is 24.3 Å². The third kappa shape index (κ3) is 5.24. The number of amides is 2. The lowest BCUT2D eigenvalue weighted by molar-refractivity contribution is -0.141. The number of carbonyl (C=O) groups is 3. The van der Waals surface area contributed by atoms with Crippen molar-refractivity contribution in [3.05, 3.63) is 29.8 Å². The molecule has 0 bridgehead atoms. The van der Waals surface area contributed by atoms with Gasteiger partial charge in [-0.2, -0.15) is 0 Å². The van der Waals surface area contributed by atoms with E-state index in [-0.39, 0.29) is 13.0 Å². The van der Waals surface area contributed by atoms with E-state index in [1.807, 2.05) is 0 Å². The zero-order chi connectivity index (χ0) is 15.8. The maximum Gasteiger partial charge on any atom is 0.327 e. The van der Waals surface area contributed by atoms with Crippen LogP contribution >= 0.6 is 0 Å². The molecule has 0 saturated carbocycles. The van der Waals surface area contributed by atoms with E-state index < -0.39 is 23.8 Å². The van der Waals surface area contributed by atoms with Crippen LogP contribution in [-0.2, 0) is 9.59 Å². The molecule has 0 spiro atoms. The largest absolute Gasteiger partial charge is 0.480 e. The Morgan fingerprint density at radius 3 is 2.43 bits per heavy atom. The van der Waals surface area contributed by atoms with Crippen molar-refractivity contribution in [3.8, 4) is 12.3 Å². The number of nitrogens with two attached hydrogens (primary N) is 1. The van der Waals surface area contributed by atoms with Crippen molar-refractivity contribution in [1.29, 1.82) is 0 Å². The molecule has 0 fully saturated rings. The lowest BCUT2D eigenvalue weighted by Crippen LogP contribution is -2.45. The topological polar surface area (TPSA) is 122 Å². The Hall–Kier alpha value is -3.01. The summed E-state index contributed by atoms with van der Waals surface area (Å²) in [5, 5.41) is 13.4. The number of terminal acetylenes is 1. The fourth-order valence-electron chi connectivity index (χ4n) is 1.46. The van der Waals surface area contributed by atoms with Gasteiger partial charge < -0.3 is 21.5 Å². The molecular weight excluding hydrogens is 274 g/mol. The molecule has 1 atom stereocenters. The van der Waals surface area contributed by atoms with Gasteiger partial charge >= 0.3 is 5.97 Å². The van der Waals surface area contributed by atoms with E-state index in [2.05, 4.69) is 16.6 Å². The summed E-state index contributed by atoms with van der Waals surface area (Å²) in [6.45, 7) is -0.350. The van der Waals surface area contributed by atoms with E-state index in [9.17, 15) is 14.4 Å². The number of nitrogen functional groups attached to an aromatic ring is 1. The first-order valence-electron chi connectivity index (χ1n) is 6.03. The van der Waals surface area contributed by atoms with Crippen LogP contribution < -0.4 is 16.4 Å². The lowest BCUT2D eigenvalue weighted by atomic mass is 10.2. The van der Waals surface area contributed by atoms with E-state index in [4.69, 9.17) is 17.3 Å². The molecule has 0 aliphatic carbocycles. The number of benzene rings is 1. The molecule has 2 amide bonds. The highest BCUT2D eigenvalue weighted by Crippen LogP contribution is 2.04. The molecule has 21 heavy (non-hydrogen) atoms. The third-order valence-corrected chi connectivity index (χ3v) is 2.54. The Balaban J connectivity index is 2.49. The number of anilines is 1. The zero-order valence-electron chi connectivity index (χ0n) is 11.1. The SMILES string of the molecule is C#CCC(NC(=O)CNC(=O)c1ccc(N)cc1)C(=O)O. The van der Waals surface area contributed by atoms with E-state index in [0.717, 1.165) is 0 Å². The Kier molecular flexibility index (Phi) is 5.77. The van der Waals surface area contributed by atoms with Crippen molar-refractivity contribution in [2.24, 2.45) is 0 Å². The average Bonchev–Trinajstić information content (AvgIpc) is 2.45. The van der Waals surface area contributed by atoms with Crippen LogP contribution in [0.5, 0.6) is 0 Å². The molecule has 1 rings (SSSR count). The van der Waals surface area contributed by atoms with E-state index in [1.165, 1.54) is 12.1 Å². The molecule has 0 heterocycles. The lowest BCUT2D eigenvalue weighted by Gasteiger charge is -2.12. The Morgan fingerprint density at radius 1 is 1.29 bits per heavy atom. The molecule has 7 nitrogen and oxygen atoms in total. The van der Waals surface area contributed by atoms with Gasteiger partial charge in [0.2, 0.25) is 5.91 Å². The summed E-state index contributed by atoms with van der Waals surface area (Å²) in [4.78, 5) is 34.1. The minimum Gasteiger partial charge on any atom is -0.480 e. The van der Waals surface area contributed by atoms with E-state index in [1.54, 1.807) is 12.1 Å². The molecule has 110 valence electrons. The molecule has 0 radical (unpaired) electrons. The maximum atomic E-state index is 11.7. The van der Waals surface area contributed by atoms with E-state index in [0.29, 0.717) is 11.3 Å². The summed E-state index contributed by atoms with van der Waals surface area (Å²) >= 11 is 0. The molecule has 0 aromatic heterocycles. The summed E-state index contributed by atoms with van der Waals surface area (Å²) in [6.07, 6.45) is 4.88. The second kappa shape index (κ2) is 7.55. The van der Waals surface area contributed by atoms with Gasteiger partial charge in [0.1, 0.15) is 6.04 Å². The molecule has 7 heteroatoms. The van der Waals surface area contributed by atoms with Crippen LogP contribution in [0.1, 0.15) is 16.8 Å². The number of aliphatic carboxylic acids is 1. The number of rotatable bonds is 6. The van der Waals surface area contributed by atoms with Crippen LogP contribution in [-0.4, -0.2) is 35.5 Å². The van der Waals surface area contributed by atoms with Gasteiger partial charge in [-0.3, -0.25) is 9.59 Å². The van der Waals surface area contributed by atoms with Crippen LogP contribution in [0, 0.1) is 12.3 Å². The number of carbonyl (C=O) groups excluding carboxylic acids is 2. The van der Waals surface area contributed by atoms with Gasteiger partial charge in [-0.15, -0.1) is 12.3 Å². The molecule has 1 aromatic carbocycles.